The van der Waals surface area contributed by atoms with E-state index >= 15 is 0 Å². The van der Waals surface area contributed by atoms with E-state index in [1.807, 2.05) is 0 Å². The van der Waals surface area contributed by atoms with Gasteiger partial charge in [0.25, 0.3) is 16.3 Å². The second kappa shape index (κ2) is 3.16. The van der Waals surface area contributed by atoms with Crippen molar-refractivity contribution in [3.63, 3.8) is 0 Å². The number of rotatable bonds is 0. The van der Waals surface area contributed by atoms with Gasteiger partial charge in [0, 0.05) is 14.1 Å². The van der Waals surface area contributed by atoms with Crippen molar-refractivity contribution >= 4 is 39.8 Å². The summed E-state index contributed by atoms with van der Waals surface area (Å²) in [5.74, 6) is -0.360. The van der Waals surface area contributed by atoms with Crippen molar-refractivity contribution in [2.45, 2.75) is 10.7 Å². The first-order valence-corrected chi connectivity index (χ1v) is 5.69. The van der Waals surface area contributed by atoms with Crippen LogP contribution in [-0.2, 0) is 9.59 Å². The number of hydrogen-bond acceptors (Lipinski definition) is 5. The predicted molar refractivity (Wildman–Crippen MR) is 53.7 cm³/mol. The van der Waals surface area contributed by atoms with Crippen LogP contribution in [-0.4, -0.2) is 50.9 Å². The molecule has 5 nitrogen and oxygen atoms in total. The molecule has 7 heteroatoms. The van der Waals surface area contributed by atoms with Gasteiger partial charge in [-0.3, -0.25) is 14.4 Å². The largest absolute Gasteiger partial charge is 0.322 e. The normalized spacial score (nSPS) is 32.6. The van der Waals surface area contributed by atoms with Crippen molar-refractivity contribution in [1.29, 1.82) is 0 Å². The summed E-state index contributed by atoms with van der Waals surface area (Å²) in [6, 6.07) is 0. The van der Waals surface area contributed by atoms with Crippen LogP contribution >= 0.6 is 23.5 Å². The average Bonchev–Trinajstić information content (AvgIpc) is 2.32. The van der Waals surface area contributed by atoms with Crippen molar-refractivity contribution < 1.29 is 14.4 Å². The summed E-state index contributed by atoms with van der Waals surface area (Å²) in [7, 11) is 3.11. The topological polar surface area (TPSA) is 57.7 Å². The van der Waals surface area contributed by atoms with Gasteiger partial charge in [0.15, 0.2) is 10.7 Å². The van der Waals surface area contributed by atoms with E-state index in [9.17, 15) is 14.4 Å². The summed E-state index contributed by atoms with van der Waals surface area (Å²) in [5.41, 5.74) is 0. The molecule has 0 aromatic heterocycles. The molecule has 3 saturated heterocycles. The maximum atomic E-state index is 11.7. The SMILES string of the molecule is CN1C(=O)C2SC(=O)SC1C(=O)N2C. The van der Waals surface area contributed by atoms with E-state index in [0.29, 0.717) is 0 Å². The molecule has 0 saturated carbocycles. The summed E-state index contributed by atoms with van der Waals surface area (Å²) in [6.07, 6.45) is 0. The second-order valence-electron chi connectivity index (χ2n) is 3.09. The van der Waals surface area contributed by atoms with E-state index in [1.54, 1.807) is 14.1 Å². The Morgan fingerprint density at radius 3 is 1.64 bits per heavy atom. The number of fused-ring (bicyclic) bond motifs is 4. The molecule has 14 heavy (non-hydrogen) atoms. The number of likely N-dealkylation sites (N-methyl/N-ethyl adjacent to an activating group) is 2. The molecule has 2 unspecified atom stereocenters. The van der Waals surface area contributed by atoms with Gasteiger partial charge in [-0.05, 0) is 23.5 Å². The van der Waals surface area contributed by atoms with E-state index in [1.165, 1.54) is 9.80 Å². The predicted octanol–water partition coefficient (Wildman–Crippen LogP) is 0.169. The Balaban J connectivity index is 2.44. The van der Waals surface area contributed by atoms with Gasteiger partial charge in [0.1, 0.15) is 0 Å². The van der Waals surface area contributed by atoms with Crippen LogP contribution in [0.1, 0.15) is 0 Å². The van der Waals surface area contributed by atoms with Gasteiger partial charge >= 0.3 is 0 Å². The molecule has 0 spiro atoms. The first-order chi connectivity index (χ1) is 6.52. The third-order valence-corrected chi connectivity index (χ3v) is 4.68. The number of carbonyl (C=O) groups excluding carboxylic acids is 3. The van der Waals surface area contributed by atoms with Gasteiger partial charge in [-0.25, -0.2) is 0 Å². The number of nitrogens with zero attached hydrogens (tertiary/aromatic N) is 2. The Morgan fingerprint density at radius 2 is 1.29 bits per heavy atom. The highest BCUT2D eigenvalue weighted by atomic mass is 32.2. The van der Waals surface area contributed by atoms with Crippen LogP contribution in [0.5, 0.6) is 0 Å². The molecule has 3 aliphatic heterocycles. The number of hydrogen-bond donors (Lipinski definition) is 0. The van der Waals surface area contributed by atoms with Crippen molar-refractivity contribution in [1.82, 2.24) is 9.80 Å². The Labute approximate surface area is 89.2 Å². The van der Waals surface area contributed by atoms with Gasteiger partial charge in [-0.1, -0.05) is 0 Å². The lowest BCUT2D eigenvalue weighted by molar-refractivity contribution is -0.150. The number of amides is 2. The zero-order valence-electron chi connectivity index (χ0n) is 7.59. The van der Waals surface area contributed by atoms with Crippen LogP contribution in [0.15, 0.2) is 0 Å². The molecule has 2 amide bonds. The fraction of sp³-hybridized carbons (Fsp3) is 0.571. The van der Waals surface area contributed by atoms with Crippen molar-refractivity contribution in [2.75, 3.05) is 14.1 Å². The third kappa shape index (κ3) is 1.23. The van der Waals surface area contributed by atoms with Crippen LogP contribution in [0.4, 0.5) is 4.79 Å². The number of piperazine rings is 1. The molecule has 3 fully saturated rings. The molecular formula is C7H8N2O3S2. The van der Waals surface area contributed by atoms with Gasteiger partial charge < -0.3 is 9.80 Å². The highest BCUT2D eigenvalue weighted by Crippen LogP contribution is 2.38. The minimum atomic E-state index is -0.675. The lowest BCUT2D eigenvalue weighted by atomic mass is 10.3. The third-order valence-electron chi connectivity index (χ3n) is 2.24. The van der Waals surface area contributed by atoms with Crippen molar-refractivity contribution in [3.8, 4) is 0 Å². The van der Waals surface area contributed by atoms with Crippen molar-refractivity contribution in [2.24, 2.45) is 0 Å². The first-order valence-electron chi connectivity index (χ1n) is 3.93. The Kier molecular flexibility index (Phi) is 2.23. The molecule has 2 bridgehead atoms. The quantitative estimate of drug-likeness (QED) is 0.596. The molecule has 0 aromatic rings. The lowest BCUT2D eigenvalue weighted by Gasteiger charge is -2.36. The summed E-state index contributed by atoms with van der Waals surface area (Å²) >= 11 is 1.82. The summed E-state index contributed by atoms with van der Waals surface area (Å²) in [4.78, 5) is 37.3. The standard InChI is InChI=1S/C7H8N2O3S2/c1-8-3(10)6-9(2)4(11)5(8)13-7(12)14-6/h5-6H,1-2H3. The molecule has 3 rings (SSSR count). The van der Waals surface area contributed by atoms with E-state index < -0.39 is 10.7 Å². The fourth-order valence-electron chi connectivity index (χ4n) is 1.38. The lowest BCUT2D eigenvalue weighted by Crippen LogP contribution is -2.58. The summed E-state index contributed by atoms with van der Waals surface area (Å²) in [6.45, 7) is 0. The van der Waals surface area contributed by atoms with E-state index in [-0.39, 0.29) is 16.3 Å². The molecular weight excluding hydrogens is 224 g/mol. The molecule has 0 N–H and O–H groups in total. The maximum absolute atomic E-state index is 11.7. The van der Waals surface area contributed by atoms with E-state index in [0.717, 1.165) is 23.5 Å². The molecule has 0 aliphatic carbocycles. The second-order valence-corrected chi connectivity index (χ2v) is 5.45. The Hall–Kier alpha value is -0.690. The summed E-state index contributed by atoms with van der Waals surface area (Å²) < 4.78 is -0.171. The van der Waals surface area contributed by atoms with Gasteiger partial charge in [0.2, 0.25) is 0 Å². The smallest absolute Gasteiger partial charge is 0.257 e. The van der Waals surface area contributed by atoms with Crippen LogP contribution in [0, 0.1) is 0 Å². The highest BCUT2D eigenvalue weighted by molar-refractivity contribution is 8.39. The van der Waals surface area contributed by atoms with Crippen LogP contribution in [0.2, 0.25) is 0 Å². The monoisotopic (exact) mass is 232 g/mol. The van der Waals surface area contributed by atoms with E-state index in [4.69, 9.17) is 0 Å². The average molecular weight is 232 g/mol. The van der Waals surface area contributed by atoms with Crippen LogP contribution in [0.25, 0.3) is 0 Å². The Morgan fingerprint density at radius 1 is 0.929 bits per heavy atom. The minimum absolute atomic E-state index is 0.171. The Bertz CT molecular complexity index is 303. The molecule has 3 aliphatic rings. The molecule has 76 valence electrons. The molecule has 0 aromatic carbocycles. The van der Waals surface area contributed by atoms with Crippen molar-refractivity contribution in [3.05, 3.63) is 0 Å². The van der Waals surface area contributed by atoms with E-state index in [2.05, 4.69) is 0 Å². The zero-order chi connectivity index (χ0) is 10.5. The number of thioether (sulfide) groups is 2. The highest BCUT2D eigenvalue weighted by Gasteiger charge is 2.48. The number of carbonyl (C=O) groups is 3. The maximum Gasteiger partial charge on any atom is 0.257 e. The van der Waals surface area contributed by atoms with Gasteiger partial charge in [-0.2, -0.15) is 0 Å². The summed E-state index contributed by atoms with van der Waals surface area (Å²) in [5, 5.41) is -1.35. The minimum Gasteiger partial charge on any atom is -0.322 e. The van der Waals surface area contributed by atoms with Crippen LogP contribution < -0.4 is 0 Å². The first kappa shape index (κ1) is 9.85. The molecule has 0 radical (unpaired) electrons. The van der Waals surface area contributed by atoms with Gasteiger partial charge in [-0.15, -0.1) is 0 Å². The van der Waals surface area contributed by atoms with Crippen LogP contribution in [0.3, 0.4) is 0 Å². The fourth-order valence-corrected chi connectivity index (χ4v) is 3.57. The van der Waals surface area contributed by atoms with Gasteiger partial charge in [0.05, 0.1) is 0 Å². The molecule has 2 atom stereocenters. The molecule has 3 heterocycles. The zero-order valence-corrected chi connectivity index (χ0v) is 9.22.